The van der Waals surface area contributed by atoms with Crippen molar-refractivity contribution in [2.45, 2.75) is 33.6 Å². The van der Waals surface area contributed by atoms with Crippen molar-refractivity contribution in [2.24, 2.45) is 5.92 Å². The Morgan fingerprint density at radius 3 is 2.38 bits per heavy atom. The highest BCUT2D eigenvalue weighted by Crippen LogP contribution is 2.32. The molecular formula is C15H19Br2NO3. The molecule has 0 saturated heterocycles. The monoisotopic (exact) mass is 419 g/mol. The van der Waals surface area contributed by atoms with Crippen LogP contribution in [-0.2, 0) is 14.3 Å². The summed E-state index contributed by atoms with van der Waals surface area (Å²) >= 11 is 6.80. The Balaban J connectivity index is 2.57. The molecule has 1 aromatic carbocycles. The molecule has 6 heteroatoms. The van der Waals surface area contributed by atoms with Crippen molar-refractivity contribution in [3.05, 3.63) is 26.6 Å². The molecule has 0 spiro atoms. The largest absolute Gasteiger partial charge is 0.455 e. The van der Waals surface area contributed by atoms with Gasteiger partial charge >= 0.3 is 5.97 Å². The minimum absolute atomic E-state index is 0.180. The predicted molar refractivity (Wildman–Crippen MR) is 90.2 cm³/mol. The molecule has 1 amide bonds. The highest BCUT2D eigenvalue weighted by atomic mass is 79.9. The van der Waals surface area contributed by atoms with Crippen molar-refractivity contribution in [1.29, 1.82) is 0 Å². The molecule has 0 radical (unpaired) electrons. The number of benzene rings is 1. The van der Waals surface area contributed by atoms with Crippen LogP contribution in [0.15, 0.2) is 21.1 Å². The Kier molecular flexibility index (Phi) is 7.39. The van der Waals surface area contributed by atoms with E-state index in [2.05, 4.69) is 37.2 Å². The molecule has 0 aliphatic rings. The SMILES string of the molecule is CCC[C@H](C)C(=O)OCC(=O)Nc1c(Br)cc(C)cc1Br. The molecule has 4 nitrogen and oxygen atoms in total. The topological polar surface area (TPSA) is 55.4 Å². The first-order valence-electron chi connectivity index (χ1n) is 6.77. The molecule has 1 N–H and O–H groups in total. The second kappa shape index (κ2) is 8.54. The zero-order valence-electron chi connectivity index (χ0n) is 12.3. The normalized spacial score (nSPS) is 11.9. The first-order valence-corrected chi connectivity index (χ1v) is 8.35. The molecular weight excluding hydrogens is 402 g/mol. The number of carbonyl (C=O) groups is 2. The molecule has 21 heavy (non-hydrogen) atoms. The maximum atomic E-state index is 11.9. The molecule has 1 aromatic rings. The van der Waals surface area contributed by atoms with E-state index in [1.165, 1.54) is 0 Å². The number of nitrogens with one attached hydrogen (secondary N) is 1. The van der Waals surface area contributed by atoms with Gasteiger partial charge in [0, 0.05) is 8.95 Å². The summed E-state index contributed by atoms with van der Waals surface area (Å²) in [7, 11) is 0. The standard InChI is InChI=1S/C15H19Br2NO3/c1-4-5-10(3)15(20)21-8-13(19)18-14-11(16)6-9(2)7-12(14)17/h6-7,10H,4-5,8H2,1-3H3,(H,18,19)/t10-/m0/s1. The summed E-state index contributed by atoms with van der Waals surface area (Å²) in [5.41, 5.74) is 1.69. The Bertz CT molecular complexity index is 509. The number of hydrogen-bond acceptors (Lipinski definition) is 3. The van der Waals surface area contributed by atoms with Gasteiger partial charge in [-0.2, -0.15) is 0 Å². The van der Waals surface area contributed by atoms with Crippen molar-refractivity contribution in [3.8, 4) is 0 Å². The zero-order valence-corrected chi connectivity index (χ0v) is 15.5. The van der Waals surface area contributed by atoms with Gasteiger partial charge in [-0.3, -0.25) is 9.59 Å². The Morgan fingerprint density at radius 2 is 1.86 bits per heavy atom. The van der Waals surface area contributed by atoms with Gasteiger partial charge in [0.1, 0.15) is 0 Å². The maximum Gasteiger partial charge on any atom is 0.309 e. The molecule has 1 rings (SSSR count). The fourth-order valence-corrected chi connectivity index (χ4v) is 3.44. The highest BCUT2D eigenvalue weighted by molar-refractivity contribution is 9.11. The van der Waals surface area contributed by atoms with Gasteiger partial charge in [0.25, 0.3) is 5.91 Å². The van der Waals surface area contributed by atoms with Gasteiger partial charge in [0.15, 0.2) is 6.61 Å². The van der Waals surface area contributed by atoms with Crippen molar-refractivity contribution < 1.29 is 14.3 Å². The van der Waals surface area contributed by atoms with Crippen molar-refractivity contribution in [2.75, 3.05) is 11.9 Å². The molecule has 0 saturated carbocycles. The van der Waals surface area contributed by atoms with Crippen LogP contribution in [0.1, 0.15) is 32.3 Å². The Morgan fingerprint density at radius 1 is 1.29 bits per heavy atom. The van der Waals surface area contributed by atoms with Crippen LogP contribution in [0, 0.1) is 12.8 Å². The highest BCUT2D eigenvalue weighted by Gasteiger charge is 2.16. The zero-order chi connectivity index (χ0) is 16.0. The van der Waals surface area contributed by atoms with Crippen molar-refractivity contribution in [1.82, 2.24) is 0 Å². The average Bonchev–Trinajstić information content (AvgIpc) is 2.40. The summed E-state index contributed by atoms with van der Waals surface area (Å²) in [4.78, 5) is 23.5. The van der Waals surface area contributed by atoms with Gasteiger partial charge in [0.2, 0.25) is 0 Å². The first-order chi connectivity index (χ1) is 9.85. The summed E-state index contributed by atoms with van der Waals surface area (Å²) in [6, 6.07) is 3.80. The number of hydrogen-bond donors (Lipinski definition) is 1. The maximum absolute atomic E-state index is 11.9. The van der Waals surface area contributed by atoms with Crippen LogP contribution >= 0.6 is 31.9 Å². The first kappa shape index (κ1) is 18.2. The summed E-state index contributed by atoms with van der Waals surface area (Å²) in [5.74, 6) is -0.882. The molecule has 0 aromatic heterocycles. The van der Waals surface area contributed by atoms with E-state index in [4.69, 9.17) is 4.74 Å². The van der Waals surface area contributed by atoms with Gasteiger partial charge in [0.05, 0.1) is 11.6 Å². The van der Waals surface area contributed by atoms with E-state index in [9.17, 15) is 9.59 Å². The van der Waals surface area contributed by atoms with Crippen LogP contribution in [0.5, 0.6) is 0 Å². The van der Waals surface area contributed by atoms with Gasteiger partial charge in [-0.25, -0.2) is 0 Å². The minimum Gasteiger partial charge on any atom is -0.455 e. The Labute approximate surface area is 141 Å². The quantitative estimate of drug-likeness (QED) is 0.692. The van der Waals surface area contributed by atoms with Gasteiger partial charge in [-0.15, -0.1) is 0 Å². The molecule has 0 aliphatic heterocycles. The van der Waals surface area contributed by atoms with Gasteiger partial charge < -0.3 is 10.1 Å². The average molecular weight is 421 g/mol. The number of rotatable bonds is 6. The second-order valence-electron chi connectivity index (χ2n) is 4.95. The lowest BCUT2D eigenvalue weighted by molar-refractivity contribution is -0.151. The van der Waals surface area contributed by atoms with E-state index in [1.807, 2.05) is 26.0 Å². The lowest BCUT2D eigenvalue weighted by Crippen LogP contribution is -2.24. The van der Waals surface area contributed by atoms with Crippen LogP contribution in [0.25, 0.3) is 0 Å². The summed E-state index contributed by atoms with van der Waals surface area (Å²) in [5, 5.41) is 2.72. The smallest absolute Gasteiger partial charge is 0.309 e. The van der Waals surface area contributed by atoms with E-state index in [-0.39, 0.29) is 24.4 Å². The molecule has 116 valence electrons. The third-order valence-corrected chi connectivity index (χ3v) is 4.17. The molecule has 1 atom stereocenters. The molecule has 0 heterocycles. The second-order valence-corrected chi connectivity index (χ2v) is 6.66. The van der Waals surface area contributed by atoms with E-state index < -0.39 is 0 Å². The number of aryl methyl sites for hydroxylation is 1. The number of halogens is 2. The van der Waals surface area contributed by atoms with Crippen LogP contribution in [0.4, 0.5) is 5.69 Å². The molecule has 0 fully saturated rings. The van der Waals surface area contributed by atoms with Crippen LogP contribution < -0.4 is 5.32 Å². The molecule has 0 unspecified atom stereocenters. The molecule has 0 bridgehead atoms. The summed E-state index contributed by atoms with van der Waals surface area (Å²) in [6.45, 7) is 5.48. The predicted octanol–water partition coefficient (Wildman–Crippen LogP) is 4.44. The fourth-order valence-electron chi connectivity index (χ4n) is 1.82. The lowest BCUT2D eigenvalue weighted by atomic mass is 10.1. The van der Waals surface area contributed by atoms with E-state index >= 15 is 0 Å². The van der Waals surface area contributed by atoms with Gasteiger partial charge in [-0.05, 0) is 62.9 Å². The van der Waals surface area contributed by atoms with Crippen LogP contribution in [0.3, 0.4) is 0 Å². The van der Waals surface area contributed by atoms with E-state index in [0.717, 1.165) is 27.4 Å². The summed E-state index contributed by atoms with van der Waals surface area (Å²) in [6.07, 6.45) is 1.67. The number of carbonyl (C=O) groups excluding carboxylic acids is 2. The number of esters is 1. The van der Waals surface area contributed by atoms with Gasteiger partial charge in [-0.1, -0.05) is 20.3 Å². The van der Waals surface area contributed by atoms with E-state index in [1.54, 1.807) is 6.92 Å². The lowest BCUT2D eigenvalue weighted by Gasteiger charge is -2.12. The van der Waals surface area contributed by atoms with Crippen molar-refractivity contribution >= 4 is 49.4 Å². The Hall–Kier alpha value is -0.880. The third-order valence-electron chi connectivity index (χ3n) is 2.92. The van der Waals surface area contributed by atoms with Crippen molar-refractivity contribution in [3.63, 3.8) is 0 Å². The summed E-state index contributed by atoms with van der Waals surface area (Å²) < 4.78 is 6.56. The number of amides is 1. The third kappa shape index (κ3) is 5.79. The fraction of sp³-hybridized carbons (Fsp3) is 0.467. The minimum atomic E-state index is -0.364. The van der Waals surface area contributed by atoms with Crippen LogP contribution in [-0.4, -0.2) is 18.5 Å². The number of ether oxygens (including phenoxy) is 1. The number of anilines is 1. The van der Waals surface area contributed by atoms with Crippen LogP contribution in [0.2, 0.25) is 0 Å². The van der Waals surface area contributed by atoms with E-state index in [0.29, 0.717) is 5.69 Å². The molecule has 0 aliphatic carbocycles.